The van der Waals surface area contributed by atoms with Crippen molar-refractivity contribution >= 4 is 33.4 Å². The number of sulfonamides is 1. The van der Waals surface area contributed by atoms with Crippen LogP contribution in [0.25, 0.3) is 0 Å². The largest absolute Gasteiger partial charge is 0.456 e. The van der Waals surface area contributed by atoms with E-state index < -0.39 is 22.0 Å². The van der Waals surface area contributed by atoms with Crippen LogP contribution in [0.1, 0.15) is 52.4 Å². The van der Waals surface area contributed by atoms with Crippen LogP contribution in [0.4, 0.5) is 0 Å². The van der Waals surface area contributed by atoms with Crippen molar-refractivity contribution in [2.45, 2.75) is 63.3 Å². The number of halogens is 1. The first-order chi connectivity index (χ1) is 14.6. The summed E-state index contributed by atoms with van der Waals surface area (Å²) in [7, 11) is -3.94. The van der Waals surface area contributed by atoms with Crippen LogP contribution in [-0.4, -0.2) is 32.8 Å². The predicted octanol–water partition coefficient (Wildman–Crippen LogP) is 3.97. The fourth-order valence-corrected chi connectivity index (χ4v) is 7.60. The molecule has 4 aliphatic carbocycles. The summed E-state index contributed by atoms with van der Waals surface area (Å²) < 4.78 is 33.2. The van der Waals surface area contributed by atoms with Crippen molar-refractivity contribution in [3.63, 3.8) is 0 Å². The molecule has 1 aromatic rings. The predicted molar refractivity (Wildman–Crippen MR) is 117 cm³/mol. The molecular weight excluding hydrogens is 438 g/mol. The quantitative estimate of drug-likeness (QED) is 0.584. The Kier molecular flexibility index (Phi) is 6.23. The van der Waals surface area contributed by atoms with Crippen molar-refractivity contribution in [1.29, 1.82) is 0 Å². The van der Waals surface area contributed by atoms with E-state index in [9.17, 15) is 18.0 Å². The second-order valence-corrected chi connectivity index (χ2v) is 12.2. The molecule has 1 N–H and O–H groups in total. The summed E-state index contributed by atoms with van der Waals surface area (Å²) in [5.74, 6) is 0.819. The van der Waals surface area contributed by atoms with Crippen LogP contribution in [0.3, 0.4) is 0 Å². The van der Waals surface area contributed by atoms with E-state index in [1.807, 2.05) is 0 Å². The molecule has 8 heteroatoms. The number of nitrogens with one attached hydrogen (secondary N) is 1. The fourth-order valence-electron chi connectivity index (χ4n) is 6.14. The molecule has 31 heavy (non-hydrogen) atoms. The topological polar surface area (TPSA) is 89.5 Å². The van der Waals surface area contributed by atoms with Gasteiger partial charge in [0.15, 0.2) is 12.4 Å². The molecule has 0 aliphatic heterocycles. The molecule has 0 aromatic heterocycles. The second-order valence-electron chi connectivity index (χ2n) is 10.0. The third kappa shape index (κ3) is 4.69. The monoisotopic (exact) mass is 467 g/mol. The number of ether oxygens (including phenoxy) is 1. The van der Waals surface area contributed by atoms with Crippen molar-refractivity contribution in [1.82, 2.24) is 4.72 Å². The lowest BCUT2D eigenvalue weighted by molar-refractivity contribution is -0.159. The number of carbonyl (C=O) groups excluding carboxylic acids is 2. The first-order valence-electron chi connectivity index (χ1n) is 11.1. The molecule has 0 unspecified atom stereocenters. The Hall–Kier alpha value is -1.44. The van der Waals surface area contributed by atoms with E-state index in [0.717, 1.165) is 19.3 Å². The summed E-state index contributed by atoms with van der Waals surface area (Å²) in [5.41, 5.74) is -0.342. The average Bonchev–Trinajstić information content (AvgIpc) is 2.69. The minimum absolute atomic E-state index is 0.00279. The van der Waals surface area contributed by atoms with E-state index in [4.69, 9.17) is 16.3 Å². The minimum Gasteiger partial charge on any atom is -0.456 e. The summed E-state index contributed by atoms with van der Waals surface area (Å²) >= 11 is 5.83. The van der Waals surface area contributed by atoms with Crippen molar-refractivity contribution in [3.8, 4) is 0 Å². The number of rotatable bonds is 8. The molecule has 0 radical (unpaired) electrons. The van der Waals surface area contributed by atoms with Crippen molar-refractivity contribution in [2.75, 3.05) is 6.61 Å². The molecule has 0 spiro atoms. The van der Waals surface area contributed by atoms with Gasteiger partial charge in [0.05, 0.1) is 4.90 Å². The number of Topliss-reactive ketones (excluding diaryl/α,β-unsaturated/α-hetero) is 1. The van der Waals surface area contributed by atoms with Crippen molar-refractivity contribution in [2.24, 2.45) is 29.1 Å². The van der Waals surface area contributed by atoms with Crippen LogP contribution in [0.5, 0.6) is 0 Å². The van der Waals surface area contributed by atoms with Crippen LogP contribution in [-0.2, 0) is 24.3 Å². The summed E-state index contributed by atoms with van der Waals surface area (Å²) in [6.45, 7) is 3.19. The highest BCUT2D eigenvalue weighted by Gasteiger charge is 2.54. The minimum atomic E-state index is -3.94. The number of hydrogen-bond acceptors (Lipinski definition) is 5. The van der Waals surface area contributed by atoms with Gasteiger partial charge in [-0.2, -0.15) is 4.72 Å². The molecule has 5 rings (SSSR count). The van der Waals surface area contributed by atoms with Gasteiger partial charge in [0.25, 0.3) is 0 Å². The summed E-state index contributed by atoms with van der Waals surface area (Å²) in [6.07, 6.45) is 6.42. The summed E-state index contributed by atoms with van der Waals surface area (Å²) in [6, 6.07) is 4.63. The van der Waals surface area contributed by atoms with Gasteiger partial charge >= 0.3 is 5.97 Å². The molecule has 4 saturated carbocycles. The fraction of sp³-hybridized carbons (Fsp3) is 0.652. The maximum Gasteiger partial charge on any atom is 0.324 e. The van der Waals surface area contributed by atoms with E-state index in [-0.39, 0.29) is 28.6 Å². The van der Waals surface area contributed by atoms with Gasteiger partial charge in [-0.25, -0.2) is 8.42 Å². The first kappa shape index (κ1) is 22.7. The molecular formula is C23H30ClNO5S. The summed E-state index contributed by atoms with van der Waals surface area (Å²) in [5, 5.41) is 0.418. The number of ketones is 1. The highest BCUT2D eigenvalue weighted by Crippen LogP contribution is 2.60. The zero-order chi connectivity index (χ0) is 22.4. The Labute approximate surface area is 189 Å². The van der Waals surface area contributed by atoms with Crippen molar-refractivity contribution < 1.29 is 22.7 Å². The maximum atomic E-state index is 13.1. The van der Waals surface area contributed by atoms with E-state index in [1.54, 1.807) is 13.8 Å². The molecule has 1 aromatic carbocycles. The average molecular weight is 468 g/mol. The van der Waals surface area contributed by atoms with E-state index in [1.165, 1.54) is 43.5 Å². The Bertz CT molecular complexity index is 921. The Balaban J connectivity index is 1.40. The molecule has 6 nitrogen and oxygen atoms in total. The van der Waals surface area contributed by atoms with Gasteiger partial charge in [-0.3, -0.25) is 9.59 Å². The van der Waals surface area contributed by atoms with Crippen LogP contribution < -0.4 is 4.72 Å². The van der Waals surface area contributed by atoms with Crippen LogP contribution in [0.2, 0.25) is 5.02 Å². The Morgan fingerprint density at radius 3 is 2.06 bits per heavy atom. The molecule has 4 aliphatic rings. The lowest BCUT2D eigenvalue weighted by Gasteiger charge is -2.55. The standard InChI is InChI=1S/C23H30ClNO5S/c1-14(2)21(25-31(28,29)19-5-3-18(24)4-6-19)22(27)30-13-20(26)23-10-15-7-16(11-23)9-17(8-15)12-23/h3-6,14-17,21,25H,7-13H2,1-2H3/t15?,16?,17?,21-,23?/m0/s1. The highest BCUT2D eigenvalue weighted by atomic mass is 35.5. The van der Waals surface area contributed by atoms with Crippen LogP contribution in [0.15, 0.2) is 29.2 Å². The second kappa shape index (κ2) is 8.49. The Morgan fingerprint density at radius 1 is 1.06 bits per heavy atom. The molecule has 0 amide bonds. The van der Waals surface area contributed by atoms with Gasteiger partial charge in [0.2, 0.25) is 10.0 Å². The van der Waals surface area contributed by atoms with Crippen LogP contribution in [0, 0.1) is 29.1 Å². The number of benzene rings is 1. The first-order valence-corrected chi connectivity index (χ1v) is 12.9. The third-order valence-corrected chi connectivity index (χ3v) is 9.01. The lowest BCUT2D eigenvalue weighted by atomic mass is 9.48. The molecule has 0 heterocycles. The van der Waals surface area contributed by atoms with Crippen molar-refractivity contribution in [3.05, 3.63) is 29.3 Å². The van der Waals surface area contributed by atoms with Gasteiger partial charge in [0.1, 0.15) is 6.04 Å². The van der Waals surface area contributed by atoms with Gasteiger partial charge in [-0.05, 0) is 86.5 Å². The van der Waals surface area contributed by atoms with Gasteiger partial charge in [-0.15, -0.1) is 0 Å². The van der Waals surface area contributed by atoms with Crippen LogP contribution >= 0.6 is 11.6 Å². The number of esters is 1. The molecule has 1 atom stereocenters. The third-order valence-electron chi connectivity index (χ3n) is 7.30. The van der Waals surface area contributed by atoms with Gasteiger partial charge in [0, 0.05) is 10.4 Å². The summed E-state index contributed by atoms with van der Waals surface area (Å²) in [4.78, 5) is 25.9. The van der Waals surface area contributed by atoms with Gasteiger partial charge < -0.3 is 4.74 Å². The molecule has 170 valence electrons. The molecule has 0 saturated heterocycles. The van der Waals surface area contributed by atoms with E-state index in [0.29, 0.717) is 22.8 Å². The lowest BCUT2D eigenvalue weighted by Crippen LogP contribution is -2.51. The number of carbonyl (C=O) groups is 2. The number of hydrogen-bond donors (Lipinski definition) is 1. The Morgan fingerprint density at radius 2 is 1.58 bits per heavy atom. The smallest absolute Gasteiger partial charge is 0.324 e. The molecule has 4 fully saturated rings. The van der Waals surface area contributed by atoms with E-state index in [2.05, 4.69) is 4.72 Å². The zero-order valence-electron chi connectivity index (χ0n) is 18.0. The van der Waals surface area contributed by atoms with Gasteiger partial charge in [-0.1, -0.05) is 25.4 Å². The normalized spacial score (nSPS) is 30.4. The zero-order valence-corrected chi connectivity index (χ0v) is 19.5. The highest BCUT2D eigenvalue weighted by molar-refractivity contribution is 7.89. The maximum absolute atomic E-state index is 13.1. The molecule has 4 bridgehead atoms. The SMILES string of the molecule is CC(C)[C@H](NS(=O)(=O)c1ccc(Cl)cc1)C(=O)OCC(=O)C12CC3CC(CC(C3)C1)C2. The van der Waals surface area contributed by atoms with E-state index >= 15 is 0 Å².